The topological polar surface area (TPSA) is 38.7 Å². The van der Waals surface area contributed by atoms with Crippen LogP contribution in [0.1, 0.15) is 12.8 Å². The summed E-state index contributed by atoms with van der Waals surface area (Å²) in [6.45, 7) is -0.142. The van der Waals surface area contributed by atoms with Crippen LogP contribution in [0.25, 0.3) is 0 Å². The molecule has 0 radical (unpaired) electrons. The predicted octanol–water partition coefficient (Wildman–Crippen LogP) is 0.987. The van der Waals surface area contributed by atoms with Crippen molar-refractivity contribution in [3.8, 4) is 0 Å². The fourth-order valence-corrected chi connectivity index (χ4v) is 0.965. The van der Waals surface area contributed by atoms with Crippen molar-refractivity contribution in [2.45, 2.75) is 18.6 Å². The number of halogens is 1. The maximum absolute atomic E-state index is 8.91. The standard InChI is InChI=1S/C7H15ClO3/c1-10-7(6-9,11-2)4-3-5-8/h9H,3-6H2,1-2H3. The van der Waals surface area contributed by atoms with E-state index in [0.29, 0.717) is 12.3 Å². The Labute approximate surface area is 72.3 Å². The number of ether oxygens (including phenoxy) is 2. The van der Waals surface area contributed by atoms with Gasteiger partial charge in [-0.2, -0.15) is 0 Å². The highest BCUT2D eigenvalue weighted by Crippen LogP contribution is 2.17. The van der Waals surface area contributed by atoms with Gasteiger partial charge in [0, 0.05) is 26.5 Å². The zero-order valence-corrected chi connectivity index (χ0v) is 7.73. The summed E-state index contributed by atoms with van der Waals surface area (Å²) in [5.41, 5.74) is 0. The van der Waals surface area contributed by atoms with Crippen LogP contribution in [0.2, 0.25) is 0 Å². The highest BCUT2D eigenvalue weighted by molar-refractivity contribution is 6.17. The lowest BCUT2D eigenvalue weighted by molar-refractivity contribution is -0.230. The van der Waals surface area contributed by atoms with Gasteiger partial charge in [0.1, 0.15) is 0 Å². The Kier molecular flexibility index (Phi) is 5.86. The Hall–Kier alpha value is 0.170. The third-order valence-electron chi connectivity index (χ3n) is 1.68. The minimum atomic E-state index is -0.852. The molecule has 11 heavy (non-hydrogen) atoms. The van der Waals surface area contributed by atoms with Gasteiger partial charge in [0.15, 0.2) is 5.79 Å². The normalized spacial score (nSPS) is 12.0. The Morgan fingerprint density at radius 2 is 1.91 bits per heavy atom. The molecule has 0 aliphatic carbocycles. The van der Waals surface area contributed by atoms with Gasteiger partial charge in [-0.05, 0) is 6.42 Å². The van der Waals surface area contributed by atoms with Gasteiger partial charge < -0.3 is 14.6 Å². The molecule has 0 rings (SSSR count). The number of hydrogen-bond acceptors (Lipinski definition) is 3. The first kappa shape index (κ1) is 11.2. The van der Waals surface area contributed by atoms with E-state index in [1.165, 1.54) is 14.2 Å². The van der Waals surface area contributed by atoms with Gasteiger partial charge in [-0.25, -0.2) is 0 Å². The summed E-state index contributed by atoms with van der Waals surface area (Å²) >= 11 is 5.49. The molecule has 0 heterocycles. The van der Waals surface area contributed by atoms with E-state index >= 15 is 0 Å². The van der Waals surface area contributed by atoms with E-state index in [1.807, 2.05) is 0 Å². The van der Waals surface area contributed by atoms with Crippen molar-refractivity contribution in [1.29, 1.82) is 0 Å². The highest BCUT2D eigenvalue weighted by Gasteiger charge is 2.27. The van der Waals surface area contributed by atoms with Gasteiger partial charge in [-0.3, -0.25) is 0 Å². The average molecular weight is 183 g/mol. The first-order valence-electron chi connectivity index (χ1n) is 3.52. The Bertz CT molecular complexity index is 85.4. The molecule has 68 valence electrons. The quantitative estimate of drug-likeness (QED) is 0.492. The maximum atomic E-state index is 8.91. The van der Waals surface area contributed by atoms with Crippen molar-refractivity contribution in [3.05, 3.63) is 0 Å². The summed E-state index contributed by atoms with van der Waals surface area (Å²) < 4.78 is 10.0. The lowest BCUT2D eigenvalue weighted by atomic mass is 10.1. The van der Waals surface area contributed by atoms with E-state index in [2.05, 4.69) is 0 Å². The van der Waals surface area contributed by atoms with Gasteiger partial charge in [0.05, 0.1) is 6.61 Å². The minimum Gasteiger partial charge on any atom is -0.391 e. The van der Waals surface area contributed by atoms with Crippen molar-refractivity contribution in [2.24, 2.45) is 0 Å². The molecule has 3 nitrogen and oxygen atoms in total. The summed E-state index contributed by atoms with van der Waals surface area (Å²) in [5.74, 6) is -0.302. The third kappa shape index (κ3) is 3.38. The predicted molar refractivity (Wildman–Crippen MR) is 43.8 cm³/mol. The Balaban J connectivity index is 3.84. The number of alkyl halides is 1. The van der Waals surface area contributed by atoms with E-state index in [9.17, 15) is 0 Å². The van der Waals surface area contributed by atoms with E-state index in [-0.39, 0.29) is 6.61 Å². The van der Waals surface area contributed by atoms with Crippen LogP contribution in [0, 0.1) is 0 Å². The van der Waals surface area contributed by atoms with Crippen LogP contribution in [0.15, 0.2) is 0 Å². The van der Waals surface area contributed by atoms with Crippen LogP contribution in [0.5, 0.6) is 0 Å². The monoisotopic (exact) mass is 182 g/mol. The van der Waals surface area contributed by atoms with Crippen LogP contribution in [-0.4, -0.2) is 37.6 Å². The van der Waals surface area contributed by atoms with Gasteiger partial charge in [0.25, 0.3) is 0 Å². The largest absolute Gasteiger partial charge is 0.391 e. The van der Waals surface area contributed by atoms with E-state index in [1.54, 1.807) is 0 Å². The first-order chi connectivity index (χ1) is 5.24. The van der Waals surface area contributed by atoms with E-state index in [0.717, 1.165) is 6.42 Å². The fraction of sp³-hybridized carbons (Fsp3) is 1.00. The lowest BCUT2D eigenvalue weighted by Gasteiger charge is -2.28. The fourth-order valence-electron chi connectivity index (χ4n) is 0.832. The van der Waals surface area contributed by atoms with Crippen LogP contribution >= 0.6 is 11.6 Å². The molecule has 0 saturated heterocycles. The van der Waals surface area contributed by atoms with Crippen LogP contribution < -0.4 is 0 Å². The first-order valence-corrected chi connectivity index (χ1v) is 4.05. The molecule has 0 aliphatic heterocycles. The third-order valence-corrected chi connectivity index (χ3v) is 1.94. The summed E-state index contributed by atoms with van der Waals surface area (Å²) in [7, 11) is 3.02. The molecule has 0 aromatic carbocycles. The van der Waals surface area contributed by atoms with Crippen LogP contribution in [0.3, 0.4) is 0 Å². The summed E-state index contributed by atoms with van der Waals surface area (Å²) in [5, 5.41) is 8.91. The van der Waals surface area contributed by atoms with Crippen molar-refractivity contribution in [2.75, 3.05) is 26.7 Å². The van der Waals surface area contributed by atoms with Gasteiger partial charge in [-0.15, -0.1) is 11.6 Å². The SMILES string of the molecule is COC(CO)(CCCCl)OC. The summed E-state index contributed by atoms with van der Waals surface area (Å²) in [4.78, 5) is 0. The molecule has 0 aromatic heterocycles. The zero-order valence-electron chi connectivity index (χ0n) is 6.97. The highest BCUT2D eigenvalue weighted by atomic mass is 35.5. The molecule has 0 atom stereocenters. The van der Waals surface area contributed by atoms with Crippen LogP contribution in [0.4, 0.5) is 0 Å². The van der Waals surface area contributed by atoms with E-state index in [4.69, 9.17) is 26.2 Å². The van der Waals surface area contributed by atoms with Gasteiger partial charge in [-0.1, -0.05) is 0 Å². The molecule has 1 N–H and O–H groups in total. The van der Waals surface area contributed by atoms with Crippen molar-refractivity contribution in [3.63, 3.8) is 0 Å². The molecule has 0 fully saturated rings. The number of methoxy groups -OCH3 is 2. The smallest absolute Gasteiger partial charge is 0.190 e. The summed E-state index contributed by atoms with van der Waals surface area (Å²) in [6.07, 6.45) is 1.38. The molecule has 0 aliphatic rings. The molecule has 0 saturated carbocycles. The van der Waals surface area contributed by atoms with Gasteiger partial charge in [0.2, 0.25) is 0 Å². The molecule has 0 spiro atoms. The molecule has 0 amide bonds. The summed E-state index contributed by atoms with van der Waals surface area (Å²) in [6, 6.07) is 0. The van der Waals surface area contributed by atoms with Gasteiger partial charge >= 0.3 is 0 Å². The van der Waals surface area contributed by atoms with Crippen molar-refractivity contribution >= 4 is 11.6 Å². The molecule has 0 aromatic rings. The number of aliphatic hydroxyl groups is 1. The number of aliphatic hydroxyl groups excluding tert-OH is 1. The minimum absolute atomic E-state index is 0.142. The molecule has 0 unspecified atom stereocenters. The van der Waals surface area contributed by atoms with E-state index < -0.39 is 5.79 Å². The average Bonchev–Trinajstić information content (AvgIpc) is 2.08. The molecule has 0 bridgehead atoms. The Morgan fingerprint density at radius 1 is 1.36 bits per heavy atom. The van der Waals surface area contributed by atoms with Crippen LogP contribution in [-0.2, 0) is 9.47 Å². The second kappa shape index (κ2) is 5.77. The maximum Gasteiger partial charge on any atom is 0.190 e. The number of hydrogen-bond donors (Lipinski definition) is 1. The zero-order chi connectivity index (χ0) is 8.74. The molecular weight excluding hydrogens is 168 g/mol. The lowest BCUT2D eigenvalue weighted by Crippen LogP contribution is -2.37. The van der Waals surface area contributed by atoms with Crippen molar-refractivity contribution in [1.82, 2.24) is 0 Å². The second-order valence-electron chi connectivity index (χ2n) is 2.27. The molecule has 4 heteroatoms. The Morgan fingerprint density at radius 3 is 2.18 bits per heavy atom. The van der Waals surface area contributed by atoms with Crippen molar-refractivity contribution < 1.29 is 14.6 Å². The second-order valence-corrected chi connectivity index (χ2v) is 2.65. The molecular formula is C7H15ClO3. The number of rotatable bonds is 6.